The average Bonchev–Trinajstić information content (AvgIpc) is 2.61. The molecule has 0 saturated carbocycles. The molecule has 2 fully saturated rings. The molecule has 3 rings (SSSR count). The predicted octanol–water partition coefficient (Wildman–Crippen LogP) is 1.96. The van der Waals surface area contributed by atoms with Crippen molar-refractivity contribution in [3.05, 3.63) is 22.8 Å². The number of carbonyl (C=O) groups is 1. The Labute approximate surface area is 148 Å². The summed E-state index contributed by atoms with van der Waals surface area (Å²) in [6.45, 7) is 5.53. The van der Waals surface area contributed by atoms with Gasteiger partial charge in [-0.1, -0.05) is 11.6 Å². The largest absolute Gasteiger partial charge is 0.378 e. The molecule has 3 heterocycles. The van der Waals surface area contributed by atoms with Gasteiger partial charge >= 0.3 is 0 Å². The maximum absolute atomic E-state index is 12.5. The Balaban J connectivity index is 1.58. The number of morpholine rings is 1. The van der Waals surface area contributed by atoms with Crippen LogP contribution in [0.3, 0.4) is 0 Å². The van der Waals surface area contributed by atoms with Crippen molar-refractivity contribution in [3.63, 3.8) is 0 Å². The van der Waals surface area contributed by atoms with Crippen LogP contribution in [0.1, 0.15) is 23.2 Å². The van der Waals surface area contributed by atoms with Gasteiger partial charge < -0.3 is 19.9 Å². The standard InChI is InChI=1S/C17H25ClN4O2/c1-21-4-2-3-13(12-21)10-19-16-15(18)9-14(11-20-16)17(23)22-5-7-24-8-6-22/h9,11,13H,2-8,10,12H2,1H3,(H,19,20). The average molecular weight is 353 g/mol. The molecule has 0 spiro atoms. The molecular weight excluding hydrogens is 328 g/mol. The maximum Gasteiger partial charge on any atom is 0.255 e. The van der Waals surface area contributed by atoms with Crippen LogP contribution in [0.15, 0.2) is 12.3 Å². The summed E-state index contributed by atoms with van der Waals surface area (Å²) >= 11 is 6.33. The first kappa shape index (κ1) is 17.5. The molecular formula is C17H25ClN4O2. The summed E-state index contributed by atoms with van der Waals surface area (Å²) in [6.07, 6.45) is 4.07. The number of nitrogens with one attached hydrogen (secondary N) is 1. The molecule has 2 saturated heterocycles. The highest BCUT2D eigenvalue weighted by Crippen LogP contribution is 2.23. The van der Waals surface area contributed by atoms with E-state index in [-0.39, 0.29) is 5.91 Å². The first-order valence-electron chi connectivity index (χ1n) is 8.58. The van der Waals surface area contributed by atoms with Gasteiger partial charge in [0.05, 0.1) is 23.8 Å². The number of halogens is 1. The third-order valence-corrected chi connectivity index (χ3v) is 4.95. The molecule has 1 unspecified atom stereocenters. The van der Waals surface area contributed by atoms with E-state index in [2.05, 4.69) is 22.2 Å². The summed E-state index contributed by atoms with van der Waals surface area (Å²) in [6, 6.07) is 1.71. The zero-order valence-electron chi connectivity index (χ0n) is 14.1. The van der Waals surface area contributed by atoms with Crippen LogP contribution in [0.4, 0.5) is 5.82 Å². The van der Waals surface area contributed by atoms with Crippen molar-refractivity contribution in [1.82, 2.24) is 14.8 Å². The third-order valence-electron chi connectivity index (χ3n) is 4.67. The van der Waals surface area contributed by atoms with Crippen LogP contribution in [0, 0.1) is 5.92 Å². The third kappa shape index (κ3) is 4.37. The maximum atomic E-state index is 12.5. The van der Waals surface area contributed by atoms with Crippen LogP contribution < -0.4 is 5.32 Å². The van der Waals surface area contributed by atoms with E-state index in [1.807, 2.05) is 0 Å². The van der Waals surface area contributed by atoms with Crippen molar-refractivity contribution in [2.45, 2.75) is 12.8 Å². The van der Waals surface area contributed by atoms with E-state index >= 15 is 0 Å². The van der Waals surface area contributed by atoms with Gasteiger partial charge in [-0.05, 0) is 38.4 Å². The Bertz CT molecular complexity index is 578. The second-order valence-electron chi connectivity index (χ2n) is 6.61. The summed E-state index contributed by atoms with van der Waals surface area (Å²) < 4.78 is 5.28. The van der Waals surface area contributed by atoms with Crippen LogP contribution in [-0.4, -0.2) is 73.7 Å². The van der Waals surface area contributed by atoms with Crippen LogP contribution in [0.5, 0.6) is 0 Å². The van der Waals surface area contributed by atoms with E-state index in [1.165, 1.54) is 19.4 Å². The molecule has 132 valence electrons. The van der Waals surface area contributed by atoms with E-state index < -0.39 is 0 Å². The van der Waals surface area contributed by atoms with Crippen molar-refractivity contribution in [1.29, 1.82) is 0 Å². The van der Waals surface area contributed by atoms with E-state index in [0.29, 0.717) is 48.6 Å². The number of pyridine rings is 1. The van der Waals surface area contributed by atoms with E-state index in [4.69, 9.17) is 16.3 Å². The first-order valence-corrected chi connectivity index (χ1v) is 8.96. The molecule has 6 nitrogen and oxygen atoms in total. The molecule has 0 bridgehead atoms. The van der Waals surface area contributed by atoms with Gasteiger partial charge in [-0.25, -0.2) is 4.98 Å². The van der Waals surface area contributed by atoms with E-state index in [0.717, 1.165) is 13.1 Å². The topological polar surface area (TPSA) is 57.7 Å². The van der Waals surface area contributed by atoms with Gasteiger partial charge in [-0.2, -0.15) is 0 Å². The lowest BCUT2D eigenvalue weighted by Gasteiger charge is -2.30. The molecule has 0 radical (unpaired) electrons. The van der Waals surface area contributed by atoms with Gasteiger partial charge in [0.15, 0.2) is 0 Å². The van der Waals surface area contributed by atoms with E-state index in [9.17, 15) is 4.79 Å². The molecule has 1 N–H and O–H groups in total. The Kier molecular flexibility index (Phi) is 5.92. The van der Waals surface area contributed by atoms with Crippen molar-refractivity contribution in [3.8, 4) is 0 Å². The number of nitrogens with zero attached hydrogens (tertiary/aromatic N) is 3. The number of hydrogen-bond donors (Lipinski definition) is 1. The first-order chi connectivity index (χ1) is 11.6. The van der Waals surface area contributed by atoms with Gasteiger partial charge in [0.25, 0.3) is 5.91 Å². The van der Waals surface area contributed by atoms with Crippen LogP contribution in [-0.2, 0) is 4.74 Å². The Morgan fingerprint density at radius 1 is 1.42 bits per heavy atom. The number of piperidine rings is 1. The summed E-state index contributed by atoms with van der Waals surface area (Å²) in [7, 11) is 2.16. The van der Waals surface area contributed by atoms with Crippen molar-refractivity contribution in [2.24, 2.45) is 5.92 Å². The van der Waals surface area contributed by atoms with Crippen LogP contribution >= 0.6 is 11.6 Å². The Morgan fingerprint density at radius 2 is 2.21 bits per heavy atom. The zero-order chi connectivity index (χ0) is 16.9. The molecule has 24 heavy (non-hydrogen) atoms. The minimum absolute atomic E-state index is 0.0341. The molecule has 0 aliphatic carbocycles. The fourth-order valence-corrected chi connectivity index (χ4v) is 3.55. The fraction of sp³-hybridized carbons (Fsp3) is 0.647. The van der Waals surface area contributed by atoms with E-state index in [1.54, 1.807) is 17.2 Å². The van der Waals surface area contributed by atoms with Crippen molar-refractivity contribution in [2.75, 3.05) is 58.3 Å². The lowest BCUT2D eigenvalue weighted by Crippen LogP contribution is -2.40. The molecule has 1 aromatic rings. The van der Waals surface area contributed by atoms with Gasteiger partial charge in [0, 0.05) is 32.4 Å². The normalized spacial score (nSPS) is 22.4. The van der Waals surface area contributed by atoms with Gasteiger partial charge in [0.2, 0.25) is 0 Å². The highest BCUT2D eigenvalue weighted by molar-refractivity contribution is 6.33. The molecule has 1 aromatic heterocycles. The SMILES string of the molecule is CN1CCCC(CNc2ncc(C(=O)N3CCOCC3)cc2Cl)C1. The van der Waals surface area contributed by atoms with Crippen LogP contribution in [0.2, 0.25) is 5.02 Å². The second kappa shape index (κ2) is 8.14. The highest BCUT2D eigenvalue weighted by Gasteiger charge is 2.21. The number of ether oxygens (including phenoxy) is 1. The number of likely N-dealkylation sites (tertiary alicyclic amines) is 1. The monoisotopic (exact) mass is 352 g/mol. The summed E-state index contributed by atoms with van der Waals surface area (Å²) in [4.78, 5) is 20.9. The fourth-order valence-electron chi connectivity index (χ4n) is 3.31. The lowest BCUT2D eigenvalue weighted by molar-refractivity contribution is 0.0302. The number of rotatable bonds is 4. The number of aromatic nitrogens is 1. The smallest absolute Gasteiger partial charge is 0.255 e. The number of anilines is 1. The number of amides is 1. The molecule has 2 aliphatic rings. The quantitative estimate of drug-likeness (QED) is 0.897. The lowest BCUT2D eigenvalue weighted by atomic mass is 9.98. The summed E-state index contributed by atoms with van der Waals surface area (Å²) in [5, 5.41) is 3.83. The number of carbonyl (C=O) groups excluding carboxylic acids is 1. The zero-order valence-corrected chi connectivity index (χ0v) is 14.9. The Hall–Kier alpha value is -1.37. The minimum atomic E-state index is -0.0341. The predicted molar refractivity (Wildman–Crippen MR) is 94.7 cm³/mol. The molecule has 7 heteroatoms. The second-order valence-corrected chi connectivity index (χ2v) is 7.02. The summed E-state index contributed by atoms with van der Waals surface area (Å²) in [5.41, 5.74) is 0.532. The number of hydrogen-bond acceptors (Lipinski definition) is 5. The summed E-state index contributed by atoms with van der Waals surface area (Å²) in [5.74, 6) is 1.23. The molecule has 1 amide bonds. The van der Waals surface area contributed by atoms with Gasteiger partial charge in [-0.3, -0.25) is 4.79 Å². The van der Waals surface area contributed by atoms with Crippen molar-refractivity contribution >= 4 is 23.3 Å². The molecule has 1 atom stereocenters. The Morgan fingerprint density at radius 3 is 2.92 bits per heavy atom. The van der Waals surface area contributed by atoms with Gasteiger partial charge in [-0.15, -0.1) is 0 Å². The van der Waals surface area contributed by atoms with Crippen LogP contribution in [0.25, 0.3) is 0 Å². The minimum Gasteiger partial charge on any atom is -0.378 e. The van der Waals surface area contributed by atoms with Crippen molar-refractivity contribution < 1.29 is 9.53 Å². The van der Waals surface area contributed by atoms with Gasteiger partial charge in [0.1, 0.15) is 5.82 Å². The highest BCUT2D eigenvalue weighted by atomic mass is 35.5. The molecule has 0 aromatic carbocycles. The molecule has 2 aliphatic heterocycles.